The Hall–Kier alpha value is -0.860. The first-order valence-corrected chi connectivity index (χ1v) is 3.90. The lowest BCUT2D eigenvalue weighted by Crippen LogP contribution is -1.84. The lowest BCUT2D eigenvalue weighted by Gasteiger charge is -1.87. The Bertz CT molecular complexity index is 276. The number of carbonyl (C=O) groups excluding carboxylic acids is 1. The van der Waals surface area contributed by atoms with E-state index in [-0.39, 0.29) is 0 Å². The molecule has 1 aromatic heterocycles. The highest BCUT2D eigenvalue weighted by Gasteiger charge is 1.96. The summed E-state index contributed by atoms with van der Waals surface area (Å²) in [5, 5.41) is 0. The zero-order valence-electron chi connectivity index (χ0n) is 5.71. The summed E-state index contributed by atoms with van der Waals surface area (Å²) >= 11 is 3.17. The molecule has 0 fully saturated rings. The van der Waals surface area contributed by atoms with E-state index in [0.717, 1.165) is 5.76 Å². The van der Waals surface area contributed by atoms with Gasteiger partial charge in [-0.2, -0.15) is 0 Å². The molecule has 11 heavy (non-hydrogen) atoms. The Morgan fingerprint density at radius 1 is 1.64 bits per heavy atom. The number of furan rings is 1. The molecule has 4 heteroatoms. The van der Waals surface area contributed by atoms with Gasteiger partial charge in [0.1, 0.15) is 5.76 Å². The molecule has 0 aliphatic carbocycles. The molecule has 0 aliphatic rings. The third-order valence-electron chi connectivity index (χ3n) is 1.16. The Morgan fingerprint density at radius 2 is 2.45 bits per heavy atom. The molecule has 0 unspecified atom stereocenters. The Kier molecular flexibility index (Phi) is 3.08. The number of rotatable bonds is 3. The van der Waals surface area contributed by atoms with E-state index in [1.54, 1.807) is 6.07 Å². The Labute approximate surface area is 72.2 Å². The molecule has 0 bridgehead atoms. The number of nitrogens with zero attached hydrogens (tertiary/aromatic N) is 1. The van der Waals surface area contributed by atoms with E-state index < -0.39 is 0 Å². The molecule has 3 nitrogen and oxygen atoms in total. The highest BCUT2D eigenvalue weighted by molar-refractivity contribution is 9.10. The summed E-state index contributed by atoms with van der Waals surface area (Å²) in [4.78, 5) is 13.1. The van der Waals surface area contributed by atoms with E-state index >= 15 is 0 Å². The number of hydrogen-bond donors (Lipinski definition) is 0. The van der Waals surface area contributed by atoms with Crippen LogP contribution in [0.1, 0.15) is 5.76 Å². The van der Waals surface area contributed by atoms with Crippen LogP contribution in [-0.2, 0) is 11.2 Å². The SMILES string of the molecule is O=C=NCCc1ccc(Br)o1. The van der Waals surface area contributed by atoms with Crippen molar-refractivity contribution in [3.8, 4) is 0 Å². The minimum atomic E-state index is 0.434. The van der Waals surface area contributed by atoms with Crippen molar-refractivity contribution in [3.63, 3.8) is 0 Å². The van der Waals surface area contributed by atoms with E-state index in [0.29, 0.717) is 17.6 Å². The molecule has 58 valence electrons. The topological polar surface area (TPSA) is 42.6 Å². The van der Waals surface area contributed by atoms with E-state index in [1.807, 2.05) is 6.07 Å². The van der Waals surface area contributed by atoms with Gasteiger partial charge in [-0.15, -0.1) is 0 Å². The quantitative estimate of drug-likeness (QED) is 0.572. The van der Waals surface area contributed by atoms with Crippen molar-refractivity contribution >= 4 is 22.0 Å². The summed E-state index contributed by atoms with van der Waals surface area (Å²) in [5.74, 6) is 0.816. The molecule has 1 heterocycles. The van der Waals surface area contributed by atoms with E-state index in [4.69, 9.17) is 4.42 Å². The van der Waals surface area contributed by atoms with Crippen LogP contribution in [0.4, 0.5) is 0 Å². The first kappa shape index (κ1) is 8.24. The summed E-state index contributed by atoms with van der Waals surface area (Å²) in [5.41, 5.74) is 0. The van der Waals surface area contributed by atoms with Gasteiger partial charge in [0.2, 0.25) is 6.08 Å². The minimum Gasteiger partial charge on any atom is -0.454 e. The summed E-state index contributed by atoms with van der Waals surface area (Å²) in [6.07, 6.45) is 2.11. The largest absolute Gasteiger partial charge is 0.454 e. The van der Waals surface area contributed by atoms with Gasteiger partial charge < -0.3 is 4.42 Å². The van der Waals surface area contributed by atoms with Crippen molar-refractivity contribution in [2.24, 2.45) is 4.99 Å². The van der Waals surface area contributed by atoms with Crippen LogP contribution in [0.25, 0.3) is 0 Å². The summed E-state index contributed by atoms with van der Waals surface area (Å²) in [6.45, 7) is 0.434. The predicted molar refractivity (Wildman–Crippen MR) is 43.1 cm³/mol. The highest BCUT2D eigenvalue weighted by atomic mass is 79.9. The molecule has 1 aromatic rings. The molecule has 0 aromatic carbocycles. The van der Waals surface area contributed by atoms with Crippen molar-refractivity contribution in [2.45, 2.75) is 6.42 Å². The zero-order chi connectivity index (χ0) is 8.10. The van der Waals surface area contributed by atoms with Crippen molar-refractivity contribution in [1.29, 1.82) is 0 Å². The third-order valence-corrected chi connectivity index (χ3v) is 1.59. The van der Waals surface area contributed by atoms with Crippen molar-refractivity contribution < 1.29 is 9.21 Å². The number of isocyanates is 1. The molecule has 0 N–H and O–H groups in total. The fourth-order valence-corrected chi connectivity index (χ4v) is 1.04. The van der Waals surface area contributed by atoms with Gasteiger partial charge >= 0.3 is 0 Å². The number of halogens is 1. The van der Waals surface area contributed by atoms with Gasteiger partial charge in [0, 0.05) is 6.42 Å². The van der Waals surface area contributed by atoms with Gasteiger partial charge in [0.15, 0.2) is 4.67 Å². The van der Waals surface area contributed by atoms with Gasteiger partial charge in [-0.3, -0.25) is 0 Å². The Morgan fingerprint density at radius 3 is 3.00 bits per heavy atom. The van der Waals surface area contributed by atoms with Crippen molar-refractivity contribution in [1.82, 2.24) is 0 Å². The summed E-state index contributed by atoms with van der Waals surface area (Å²) < 4.78 is 5.85. The monoisotopic (exact) mass is 215 g/mol. The van der Waals surface area contributed by atoms with Crippen LogP contribution < -0.4 is 0 Å². The van der Waals surface area contributed by atoms with Crippen LogP contribution in [0.3, 0.4) is 0 Å². The lowest BCUT2D eigenvalue weighted by atomic mass is 10.3. The third kappa shape index (κ3) is 2.70. The van der Waals surface area contributed by atoms with Gasteiger partial charge in [-0.25, -0.2) is 9.79 Å². The second-order valence-corrected chi connectivity index (χ2v) is 2.71. The average Bonchev–Trinajstić information content (AvgIpc) is 2.37. The smallest absolute Gasteiger partial charge is 0.234 e. The van der Waals surface area contributed by atoms with E-state index in [9.17, 15) is 4.79 Å². The first-order valence-electron chi connectivity index (χ1n) is 3.11. The molecule has 0 saturated heterocycles. The van der Waals surface area contributed by atoms with E-state index in [2.05, 4.69) is 20.9 Å². The maximum Gasteiger partial charge on any atom is 0.234 e. The van der Waals surface area contributed by atoms with Crippen LogP contribution in [0.5, 0.6) is 0 Å². The second kappa shape index (κ2) is 4.11. The van der Waals surface area contributed by atoms with Crippen molar-refractivity contribution in [3.05, 3.63) is 22.6 Å². The normalized spacial score (nSPS) is 9.18. The van der Waals surface area contributed by atoms with Crippen LogP contribution >= 0.6 is 15.9 Å². The van der Waals surface area contributed by atoms with Gasteiger partial charge in [-0.1, -0.05) is 0 Å². The number of hydrogen-bond acceptors (Lipinski definition) is 3. The van der Waals surface area contributed by atoms with Gasteiger partial charge in [0.05, 0.1) is 6.54 Å². The maximum atomic E-state index is 9.67. The van der Waals surface area contributed by atoms with Crippen LogP contribution in [-0.4, -0.2) is 12.6 Å². The zero-order valence-corrected chi connectivity index (χ0v) is 7.30. The molecule has 0 atom stereocenters. The molecule has 0 radical (unpaired) electrons. The van der Waals surface area contributed by atoms with Crippen LogP contribution in [0, 0.1) is 0 Å². The Balaban J connectivity index is 2.44. The van der Waals surface area contributed by atoms with Crippen LogP contribution in [0.15, 0.2) is 26.2 Å². The first-order chi connectivity index (χ1) is 5.33. The molecule has 0 saturated carbocycles. The minimum absolute atomic E-state index is 0.434. The summed E-state index contributed by atoms with van der Waals surface area (Å²) in [7, 11) is 0. The molecule has 0 spiro atoms. The number of aliphatic imine (C=N–C) groups is 1. The maximum absolute atomic E-state index is 9.67. The molecule has 0 amide bonds. The van der Waals surface area contributed by atoms with E-state index in [1.165, 1.54) is 6.08 Å². The fraction of sp³-hybridized carbons (Fsp3) is 0.286. The fourth-order valence-electron chi connectivity index (χ4n) is 0.698. The summed E-state index contributed by atoms with van der Waals surface area (Å²) in [6, 6.07) is 3.64. The van der Waals surface area contributed by atoms with Gasteiger partial charge in [-0.05, 0) is 28.1 Å². The second-order valence-electron chi connectivity index (χ2n) is 1.93. The molecule has 0 aliphatic heterocycles. The van der Waals surface area contributed by atoms with Crippen molar-refractivity contribution in [2.75, 3.05) is 6.54 Å². The van der Waals surface area contributed by atoms with Crippen LogP contribution in [0.2, 0.25) is 0 Å². The molecular weight excluding hydrogens is 210 g/mol. The highest BCUT2D eigenvalue weighted by Crippen LogP contribution is 2.14. The average molecular weight is 216 g/mol. The standard InChI is InChI=1S/C7H6BrNO2/c8-7-2-1-6(11-7)3-4-9-5-10/h1-2H,3-4H2. The predicted octanol–water partition coefficient (Wildman–Crippen LogP) is 1.92. The molecule has 1 rings (SSSR count). The molecular formula is C7H6BrNO2. The lowest BCUT2D eigenvalue weighted by molar-refractivity contribution is 0.489. The van der Waals surface area contributed by atoms with Gasteiger partial charge in [0.25, 0.3) is 0 Å².